The molecular formula is C13H20N2O2. The van der Waals surface area contributed by atoms with Crippen LogP contribution >= 0.6 is 0 Å². The molecular weight excluding hydrogens is 216 g/mol. The SMILES string of the molecule is CC(CO)COc1ccc(CNC2CC2)nc1. The summed E-state index contributed by atoms with van der Waals surface area (Å²) in [5, 5.41) is 12.3. The van der Waals surface area contributed by atoms with Gasteiger partial charge in [-0.25, -0.2) is 0 Å². The van der Waals surface area contributed by atoms with Crippen LogP contribution in [0.1, 0.15) is 25.5 Å². The number of aliphatic hydroxyl groups excluding tert-OH is 1. The molecule has 4 heteroatoms. The van der Waals surface area contributed by atoms with Gasteiger partial charge >= 0.3 is 0 Å². The van der Waals surface area contributed by atoms with Gasteiger partial charge < -0.3 is 15.2 Å². The molecule has 1 unspecified atom stereocenters. The molecule has 0 aromatic carbocycles. The average Bonchev–Trinajstić information content (AvgIpc) is 3.18. The van der Waals surface area contributed by atoms with Crippen molar-refractivity contribution in [1.29, 1.82) is 0 Å². The molecule has 0 aliphatic heterocycles. The molecule has 0 spiro atoms. The monoisotopic (exact) mass is 236 g/mol. The summed E-state index contributed by atoms with van der Waals surface area (Å²) in [7, 11) is 0. The van der Waals surface area contributed by atoms with E-state index in [0.29, 0.717) is 12.6 Å². The minimum absolute atomic E-state index is 0.150. The van der Waals surface area contributed by atoms with Crippen LogP contribution in [0, 0.1) is 5.92 Å². The number of pyridine rings is 1. The number of hydrogen-bond acceptors (Lipinski definition) is 4. The zero-order valence-electron chi connectivity index (χ0n) is 10.2. The van der Waals surface area contributed by atoms with Gasteiger partial charge in [-0.1, -0.05) is 6.92 Å². The molecule has 1 fully saturated rings. The molecule has 2 rings (SSSR count). The van der Waals surface area contributed by atoms with Crippen molar-refractivity contribution in [2.75, 3.05) is 13.2 Å². The van der Waals surface area contributed by atoms with E-state index in [-0.39, 0.29) is 12.5 Å². The molecule has 2 N–H and O–H groups in total. The molecule has 1 saturated carbocycles. The fraction of sp³-hybridized carbons (Fsp3) is 0.615. The minimum Gasteiger partial charge on any atom is -0.492 e. The highest BCUT2D eigenvalue weighted by Crippen LogP contribution is 2.19. The summed E-state index contributed by atoms with van der Waals surface area (Å²) in [6.07, 6.45) is 4.33. The van der Waals surface area contributed by atoms with Crippen molar-refractivity contribution in [3.8, 4) is 5.75 Å². The maximum atomic E-state index is 8.88. The smallest absolute Gasteiger partial charge is 0.137 e. The van der Waals surface area contributed by atoms with Crippen molar-refractivity contribution in [2.45, 2.75) is 32.4 Å². The molecule has 0 bridgehead atoms. The first-order chi connectivity index (χ1) is 8.28. The molecule has 1 heterocycles. The molecule has 0 saturated heterocycles. The number of nitrogens with one attached hydrogen (secondary N) is 1. The van der Waals surface area contributed by atoms with Gasteiger partial charge in [-0.15, -0.1) is 0 Å². The van der Waals surface area contributed by atoms with Crippen molar-refractivity contribution in [1.82, 2.24) is 10.3 Å². The van der Waals surface area contributed by atoms with Crippen LogP contribution in [0.5, 0.6) is 5.75 Å². The Kier molecular flexibility index (Phi) is 4.34. The summed E-state index contributed by atoms with van der Waals surface area (Å²) in [5.41, 5.74) is 1.04. The van der Waals surface area contributed by atoms with E-state index in [4.69, 9.17) is 9.84 Å². The Morgan fingerprint density at radius 3 is 2.94 bits per heavy atom. The topological polar surface area (TPSA) is 54.4 Å². The highest BCUT2D eigenvalue weighted by atomic mass is 16.5. The zero-order valence-corrected chi connectivity index (χ0v) is 10.2. The summed E-state index contributed by atoms with van der Waals surface area (Å²) < 4.78 is 5.51. The lowest BCUT2D eigenvalue weighted by atomic mass is 10.2. The highest BCUT2D eigenvalue weighted by molar-refractivity contribution is 5.19. The Bertz CT molecular complexity index is 336. The van der Waals surface area contributed by atoms with E-state index < -0.39 is 0 Å². The third-order valence-corrected chi connectivity index (χ3v) is 2.79. The van der Waals surface area contributed by atoms with Gasteiger partial charge in [-0.05, 0) is 25.0 Å². The van der Waals surface area contributed by atoms with Gasteiger partial charge in [-0.2, -0.15) is 0 Å². The second kappa shape index (κ2) is 5.98. The maximum absolute atomic E-state index is 8.88. The number of aromatic nitrogens is 1. The Labute approximate surface area is 102 Å². The summed E-state index contributed by atoms with van der Waals surface area (Å²) in [6.45, 7) is 3.45. The maximum Gasteiger partial charge on any atom is 0.137 e. The van der Waals surface area contributed by atoms with E-state index in [1.165, 1.54) is 12.8 Å². The van der Waals surface area contributed by atoms with Gasteiger partial charge in [0.2, 0.25) is 0 Å². The molecule has 4 nitrogen and oxygen atoms in total. The van der Waals surface area contributed by atoms with Crippen molar-refractivity contribution < 1.29 is 9.84 Å². The van der Waals surface area contributed by atoms with Gasteiger partial charge in [0, 0.05) is 25.1 Å². The Hall–Kier alpha value is -1.13. The molecule has 0 radical (unpaired) electrons. The van der Waals surface area contributed by atoms with Gasteiger partial charge in [0.05, 0.1) is 18.5 Å². The van der Waals surface area contributed by atoms with E-state index in [0.717, 1.165) is 18.0 Å². The third kappa shape index (κ3) is 4.32. The summed E-state index contributed by atoms with van der Waals surface area (Å²) in [4.78, 5) is 4.33. The van der Waals surface area contributed by atoms with Crippen molar-refractivity contribution in [3.05, 3.63) is 24.0 Å². The summed E-state index contributed by atoms with van der Waals surface area (Å²) in [6, 6.07) is 4.62. The van der Waals surface area contributed by atoms with E-state index in [9.17, 15) is 0 Å². The molecule has 17 heavy (non-hydrogen) atoms. The first kappa shape index (κ1) is 12.3. The lowest BCUT2D eigenvalue weighted by Gasteiger charge is -2.10. The molecule has 94 valence electrons. The normalized spacial score (nSPS) is 16.8. The highest BCUT2D eigenvalue weighted by Gasteiger charge is 2.19. The molecule has 0 amide bonds. The Morgan fingerprint density at radius 2 is 2.35 bits per heavy atom. The molecule has 1 aliphatic carbocycles. The van der Waals surface area contributed by atoms with Crippen LogP contribution in [-0.4, -0.2) is 29.3 Å². The van der Waals surface area contributed by atoms with Crippen molar-refractivity contribution in [3.63, 3.8) is 0 Å². The lowest BCUT2D eigenvalue weighted by Crippen LogP contribution is -2.16. The quantitative estimate of drug-likeness (QED) is 0.750. The van der Waals surface area contributed by atoms with Crippen LogP contribution in [0.15, 0.2) is 18.3 Å². The number of nitrogens with zero attached hydrogens (tertiary/aromatic N) is 1. The van der Waals surface area contributed by atoms with E-state index >= 15 is 0 Å². The summed E-state index contributed by atoms with van der Waals surface area (Å²) >= 11 is 0. The van der Waals surface area contributed by atoms with Crippen LogP contribution in [0.25, 0.3) is 0 Å². The van der Waals surface area contributed by atoms with Gasteiger partial charge in [0.1, 0.15) is 5.75 Å². The average molecular weight is 236 g/mol. The molecule has 1 atom stereocenters. The number of hydrogen-bond donors (Lipinski definition) is 2. The Balaban J connectivity index is 1.75. The molecule has 1 aromatic rings. The van der Waals surface area contributed by atoms with E-state index in [1.54, 1.807) is 6.20 Å². The number of aliphatic hydroxyl groups is 1. The standard InChI is InChI=1S/C13H20N2O2/c1-10(8-16)9-17-13-5-4-12(15-7-13)6-14-11-2-3-11/h4-5,7,10-11,14,16H,2-3,6,8-9H2,1H3. The zero-order chi connectivity index (χ0) is 12.1. The second-order valence-electron chi connectivity index (χ2n) is 4.74. The van der Waals surface area contributed by atoms with Crippen LogP contribution < -0.4 is 10.1 Å². The van der Waals surface area contributed by atoms with Crippen LogP contribution in [-0.2, 0) is 6.54 Å². The largest absolute Gasteiger partial charge is 0.492 e. The van der Waals surface area contributed by atoms with Crippen LogP contribution in [0.4, 0.5) is 0 Å². The van der Waals surface area contributed by atoms with E-state index in [2.05, 4.69) is 10.3 Å². The predicted molar refractivity (Wildman–Crippen MR) is 65.8 cm³/mol. The van der Waals surface area contributed by atoms with Gasteiger partial charge in [-0.3, -0.25) is 4.98 Å². The van der Waals surface area contributed by atoms with E-state index in [1.807, 2.05) is 19.1 Å². The van der Waals surface area contributed by atoms with Crippen molar-refractivity contribution in [2.24, 2.45) is 5.92 Å². The molecule has 1 aliphatic rings. The Morgan fingerprint density at radius 1 is 1.53 bits per heavy atom. The van der Waals surface area contributed by atoms with Crippen LogP contribution in [0.2, 0.25) is 0 Å². The van der Waals surface area contributed by atoms with Crippen LogP contribution in [0.3, 0.4) is 0 Å². The number of rotatable bonds is 7. The fourth-order valence-corrected chi connectivity index (χ4v) is 1.43. The predicted octanol–water partition coefficient (Wildman–Crippen LogP) is 1.34. The first-order valence-corrected chi connectivity index (χ1v) is 6.20. The minimum atomic E-state index is 0.150. The third-order valence-electron chi connectivity index (χ3n) is 2.79. The van der Waals surface area contributed by atoms with Gasteiger partial charge in [0.15, 0.2) is 0 Å². The second-order valence-corrected chi connectivity index (χ2v) is 4.74. The summed E-state index contributed by atoms with van der Waals surface area (Å²) in [5.74, 6) is 0.923. The number of ether oxygens (including phenoxy) is 1. The fourth-order valence-electron chi connectivity index (χ4n) is 1.43. The van der Waals surface area contributed by atoms with Gasteiger partial charge in [0.25, 0.3) is 0 Å². The lowest BCUT2D eigenvalue weighted by molar-refractivity contribution is 0.174. The molecule has 1 aromatic heterocycles. The first-order valence-electron chi connectivity index (χ1n) is 6.20. The van der Waals surface area contributed by atoms with Crippen molar-refractivity contribution >= 4 is 0 Å².